The Morgan fingerprint density at radius 2 is 1.73 bits per heavy atom. The number of aromatic nitrogens is 1. The summed E-state index contributed by atoms with van der Waals surface area (Å²) in [4.78, 5) is 4.44. The number of nitrogens with one attached hydrogen (secondary N) is 1. The van der Waals surface area contributed by atoms with Gasteiger partial charge in [-0.2, -0.15) is 0 Å². The topological polar surface area (TPSA) is 68.3 Å². The van der Waals surface area contributed by atoms with Crippen molar-refractivity contribution in [3.63, 3.8) is 0 Å². The average molecular weight is 372 g/mol. The van der Waals surface area contributed by atoms with Gasteiger partial charge in [0, 0.05) is 18.3 Å². The molecule has 2 aromatic carbocycles. The summed E-state index contributed by atoms with van der Waals surface area (Å²) in [7, 11) is -2.17. The van der Waals surface area contributed by atoms with E-state index in [0.717, 1.165) is 0 Å². The van der Waals surface area contributed by atoms with Crippen LogP contribution in [0.1, 0.15) is 5.56 Å². The maximum atomic E-state index is 13.1. The van der Waals surface area contributed by atoms with Gasteiger partial charge in [-0.15, -0.1) is 0 Å². The van der Waals surface area contributed by atoms with E-state index in [9.17, 15) is 12.8 Å². The summed E-state index contributed by atoms with van der Waals surface area (Å²) in [6, 6.07) is 15.5. The molecular formula is C19H17FN2O3S. The number of hydrogen-bond donors (Lipinski definition) is 1. The molecule has 5 nitrogen and oxygen atoms in total. The van der Waals surface area contributed by atoms with Gasteiger partial charge in [0.1, 0.15) is 11.6 Å². The Kier molecular flexibility index (Phi) is 5.29. The van der Waals surface area contributed by atoms with Crippen LogP contribution in [-0.4, -0.2) is 20.5 Å². The van der Waals surface area contributed by atoms with Crippen molar-refractivity contribution in [3.8, 4) is 17.0 Å². The van der Waals surface area contributed by atoms with Crippen molar-refractivity contribution < 1.29 is 17.5 Å². The molecule has 134 valence electrons. The largest absolute Gasteiger partial charge is 0.497 e. The van der Waals surface area contributed by atoms with E-state index >= 15 is 0 Å². The third kappa shape index (κ3) is 4.07. The molecule has 1 heterocycles. The lowest BCUT2D eigenvalue weighted by Crippen LogP contribution is -2.23. The van der Waals surface area contributed by atoms with Crippen molar-refractivity contribution in [1.82, 2.24) is 9.71 Å². The van der Waals surface area contributed by atoms with Crippen molar-refractivity contribution in [3.05, 3.63) is 78.2 Å². The first kappa shape index (κ1) is 18.0. The summed E-state index contributed by atoms with van der Waals surface area (Å²) in [6.45, 7) is 0.0644. The standard InChI is InChI=1S/C19H17FN2O3S/c1-25-17-8-10-18(11-9-17)26(23,24)22-13-15-3-2-12-21-19(15)14-4-6-16(20)7-5-14/h2-12,22H,13H2,1H3. The summed E-state index contributed by atoms with van der Waals surface area (Å²) >= 11 is 0. The fourth-order valence-corrected chi connectivity index (χ4v) is 3.47. The van der Waals surface area contributed by atoms with E-state index in [4.69, 9.17) is 4.74 Å². The van der Waals surface area contributed by atoms with Crippen molar-refractivity contribution in [1.29, 1.82) is 0 Å². The SMILES string of the molecule is COc1ccc(S(=O)(=O)NCc2cccnc2-c2ccc(F)cc2)cc1. The van der Waals surface area contributed by atoms with Crippen LogP contribution >= 0.6 is 0 Å². The van der Waals surface area contributed by atoms with Crippen molar-refractivity contribution >= 4 is 10.0 Å². The van der Waals surface area contributed by atoms with Crippen LogP contribution in [0.4, 0.5) is 4.39 Å². The number of hydrogen-bond acceptors (Lipinski definition) is 4. The normalized spacial score (nSPS) is 11.3. The number of pyridine rings is 1. The van der Waals surface area contributed by atoms with E-state index in [1.807, 2.05) is 0 Å². The second-order valence-electron chi connectivity index (χ2n) is 5.52. The molecule has 0 aliphatic rings. The quantitative estimate of drug-likeness (QED) is 0.720. The fourth-order valence-electron chi connectivity index (χ4n) is 2.46. The first-order valence-corrected chi connectivity index (χ1v) is 9.31. The zero-order chi connectivity index (χ0) is 18.6. The van der Waals surface area contributed by atoms with Crippen LogP contribution in [-0.2, 0) is 16.6 Å². The van der Waals surface area contributed by atoms with Gasteiger partial charge in [0.15, 0.2) is 0 Å². The Morgan fingerprint density at radius 3 is 2.38 bits per heavy atom. The predicted octanol–water partition coefficient (Wildman–Crippen LogP) is 3.37. The molecule has 26 heavy (non-hydrogen) atoms. The maximum absolute atomic E-state index is 13.1. The van der Waals surface area contributed by atoms with Crippen LogP contribution in [0, 0.1) is 5.82 Å². The number of rotatable bonds is 6. The molecule has 0 bridgehead atoms. The lowest BCUT2D eigenvalue weighted by molar-refractivity contribution is 0.414. The van der Waals surface area contributed by atoms with Crippen LogP contribution in [0.15, 0.2) is 71.8 Å². The minimum absolute atomic E-state index is 0.0644. The van der Waals surface area contributed by atoms with Gasteiger partial charge in [-0.1, -0.05) is 6.07 Å². The number of halogens is 1. The molecular weight excluding hydrogens is 355 g/mol. The van der Waals surface area contributed by atoms with Crippen molar-refractivity contribution in [2.45, 2.75) is 11.4 Å². The van der Waals surface area contributed by atoms with Gasteiger partial charge in [-0.05, 0) is 60.2 Å². The highest BCUT2D eigenvalue weighted by Gasteiger charge is 2.15. The summed E-state index contributed by atoms with van der Waals surface area (Å²) in [5.74, 6) is 0.237. The molecule has 1 aromatic heterocycles. The van der Waals surface area contributed by atoms with E-state index < -0.39 is 10.0 Å². The van der Waals surface area contributed by atoms with Gasteiger partial charge < -0.3 is 4.74 Å². The van der Waals surface area contributed by atoms with Crippen LogP contribution in [0.2, 0.25) is 0 Å². The highest BCUT2D eigenvalue weighted by molar-refractivity contribution is 7.89. The first-order valence-electron chi connectivity index (χ1n) is 7.83. The molecule has 0 radical (unpaired) electrons. The van der Waals surface area contributed by atoms with Crippen molar-refractivity contribution in [2.75, 3.05) is 7.11 Å². The molecule has 0 saturated carbocycles. The maximum Gasteiger partial charge on any atom is 0.240 e. The fraction of sp³-hybridized carbons (Fsp3) is 0.105. The second-order valence-corrected chi connectivity index (χ2v) is 7.29. The van der Waals surface area contributed by atoms with Gasteiger partial charge >= 0.3 is 0 Å². The third-order valence-electron chi connectivity index (χ3n) is 3.83. The molecule has 0 aliphatic carbocycles. The smallest absolute Gasteiger partial charge is 0.240 e. The number of nitrogens with zero attached hydrogens (tertiary/aromatic N) is 1. The van der Waals surface area contributed by atoms with Gasteiger partial charge in [0.05, 0.1) is 17.7 Å². The average Bonchev–Trinajstić information content (AvgIpc) is 2.67. The molecule has 0 spiro atoms. The number of methoxy groups -OCH3 is 1. The second kappa shape index (κ2) is 7.63. The zero-order valence-corrected chi connectivity index (χ0v) is 14.8. The van der Waals surface area contributed by atoms with Gasteiger partial charge in [0.2, 0.25) is 10.0 Å². The summed E-state index contributed by atoms with van der Waals surface area (Å²) in [5.41, 5.74) is 2.01. The minimum Gasteiger partial charge on any atom is -0.497 e. The van der Waals surface area contributed by atoms with Crippen LogP contribution in [0.3, 0.4) is 0 Å². The summed E-state index contributed by atoms with van der Waals surface area (Å²) in [6.07, 6.45) is 1.61. The molecule has 3 aromatic rings. The van der Waals surface area contributed by atoms with Crippen molar-refractivity contribution in [2.24, 2.45) is 0 Å². The molecule has 3 rings (SSSR count). The lowest BCUT2D eigenvalue weighted by atomic mass is 10.1. The highest BCUT2D eigenvalue weighted by Crippen LogP contribution is 2.22. The van der Waals surface area contributed by atoms with E-state index in [2.05, 4.69) is 9.71 Å². The molecule has 1 N–H and O–H groups in total. The summed E-state index contributed by atoms with van der Waals surface area (Å²) < 4.78 is 45.7. The number of benzene rings is 2. The highest BCUT2D eigenvalue weighted by atomic mass is 32.2. The van der Waals surface area contributed by atoms with Crippen LogP contribution in [0.25, 0.3) is 11.3 Å². The Hall–Kier alpha value is -2.77. The van der Waals surface area contributed by atoms with E-state index in [0.29, 0.717) is 22.6 Å². The number of sulfonamides is 1. The summed E-state index contributed by atoms with van der Waals surface area (Å²) in [5, 5.41) is 0. The monoisotopic (exact) mass is 372 g/mol. The lowest BCUT2D eigenvalue weighted by Gasteiger charge is -2.11. The predicted molar refractivity (Wildman–Crippen MR) is 96.7 cm³/mol. The Balaban J connectivity index is 1.82. The molecule has 0 unspecified atom stereocenters. The van der Waals surface area contributed by atoms with E-state index in [1.165, 1.54) is 31.4 Å². The third-order valence-corrected chi connectivity index (χ3v) is 5.25. The molecule has 0 amide bonds. The van der Waals surface area contributed by atoms with Crippen LogP contribution in [0.5, 0.6) is 5.75 Å². The minimum atomic E-state index is -3.68. The molecule has 7 heteroatoms. The molecule has 0 saturated heterocycles. The van der Waals surface area contributed by atoms with Crippen LogP contribution < -0.4 is 9.46 Å². The first-order chi connectivity index (χ1) is 12.5. The molecule has 0 aliphatic heterocycles. The Bertz CT molecular complexity index is 988. The Labute approximate surface area is 151 Å². The van der Waals surface area contributed by atoms with Gasteiger partial charge in [-0.3, -0.25) is 4.98 Å². The van der Waals surface area contributed by atoms with E-state index in [1.54, 1.807) is 42.6 Å². The Morgan fingerprint density at radius 1 is 1.04 bits per heavy atom. The molecule has 0 atom stereocenters. The van der Waals surface area contributed by atoms with Gasteiger partial charge in [-0.25, -0.2) is 17.5 Å². The zero-order valence-electron chi connectivity index (χ0n) is 14.0. The van der Waals surface area contributed by atoms with Gasteiger partial charge in [0.25, 0.3) is 0 Å². The van der Waals surface area contributed by atoms with E-state index in [-0.39, 0.29) is 17.3 Å². The number of ether oxygens (including phenoxy) is 1. The molecule has 0 fully saturated rings.